The van der Waals surface area contributed by atoms with Crippen LogP contribution in [0.5, 0.6) is 0 Å². The van der Waals surface area contributed by atoms with Crippen LogP contribution in [0.3, 0.4) is 0 Å². The van der Waals surface area contributed by atoms with Crippen LogP contribution in [-0.4, -0.2) is 68.4 Å². The minimum absolute atomic E-state index is 0.0493. The Balaban J connectivity index is 1.50. The molecular weight excluding hydrogens is 318 g/mol. The van der Waals surface area contributed by atoms with Gasteiger partial charge in [0.1, 0.15) is 0 Å². The van der Waals surface area contributed by atoms with E-state index in [-0.39, 0.29) is 11.8 Å². The lowest BCUT2D eigenvalue weighted by molar-refractivity contribution is -0.126. The van der Waals surface area contributed by atoms with E-state index in [9.17, 15) is 13.2 Å². The first kappa shape index (κ1) is 17.1. The zero-order chi connectivity index (χ0) is 16.3. The first-order chi connectivity index (χ1) is 11.1. The third kappa shape index (κ3) is 4.04. The van der Waals surface area contributed by atoms with Crippen LogP contribution >= 0.6 is 0 Å². The normalized spacial score (nSPS) is 26.4. The average molecular weight is 345 g/mol. The smallest absolute Gasteiger partial charge is 0.282 e. The summed E-state index contributed by atoms with van der Waals surface area (Å²) < 4.78 is 33.4. The fourth-order valence-corrected chi connectivity index (χ4v) is 5.29. The van der Waals surface area contributed by atoms with Crippen molar-refractivity contribution in [1.82, 2.24) is 13.9 Å². The molecule has 0 aromatic rings. The van der Waals surface area contributed by atoms with Gasteiger partial charge in [-0.1, -0.05) is 12.8 Å². The molecule has 3 aliphatic rings. The van der Waals surface area contributed by atoms with Gasteiger partial charge in [0.25, 0.3) is 10.2 Å². The third-order valence-electron chi connectivity index (χ3n) is 5.15. The Morgan fingerprint density at radius 2 is 1.48 bits per heavy atom. The number of amides is 1. The number of carbonyl (C=O) groups excluding carboxylic acids is 1. The standard InChI is InChI=1S/C15H27N3O4S/c19-15(16-14-3-1-2-4-14)13-5-7-17(8-6-13)23(20,21)18-9-11-22-12-10-18/h13-14H,1-12H2,(H,16,19). The van der Waals surface area contributed by atoms with Gasteiger partial charge in [0, 0.05) is 38.1 Å². The van der Waals surface area contributed by atoms with Crippen LogP contribution in [0.2, 0.25) is 0 Å². The van der Waals surface area contributed by atoms with Crippen molar-refractivity contribution >= 4 is 16.1 Å². The second-order valence-corrected chi connectivity index (χ2v) is 8.61. The molecule has 8 heteroatoms. The van der Waals surface area contributed by atoms with E-state index in [0.717, 1.165) is 12.8 Å². The summed E-state index contributed by atoms with van der Waals surface area (Å²) in [6, 6.07) is 0.331. The summed E-state index contributed by atoms with van der Waals surface area (Å²) in [6.07, 6.45) is 5.78. The summed E-state index contributed by atoms with van der Waals surface area (Å²) in [4.78, 5) is 12.3. The van der Waals surface area contributed by atoms with Crippen LogP contribution in [0.15, 0.2) is 0 Å². The van der Waals surface area contributed by atoms with Gasteiger partial charge in [-0.3, -0.25) is 4.79 Å². The lowest BCUT2D eigenvalue weighted by atomic mass is 9.97. The predicted molar refractivity (Wildman–Crippen MR) is 86.0 cm³/mol. The van der Waals surface area contributed by atoms with Gasteiger partial charge < -0.3 is 10.1 Å². The van der Waals surface area contributed by atoms with E-state index in [0.29, 0.717) is 58.3 Å². The Labute approximate surface area is 138 Å². The molecule has 132 valence electrons. The topological polar surface area (TPSA) is 79.0 Å². The van der Waals surface area contributed by atoms with Crippen molar-refractivity contribution in [3.05, 3.63) is 0 Å². The maximum absolute atomic E-state index is 12.6. The van der Waals surface area contributed by atoms with Crippen LogP contribution in [-0.2, 0) is 19.7 Å². The van der Waals surface area contributed by atoms with Gasteiger partial charge in [-0.25, -0.2) is 0 Å². The number of rotatable bonds is 4. The molecule has 3 rings (SSSR count). The summed E-state index contributed by atoms with van der Waals surface area (Å²) in [5.41, 5.74) is 0. The van der Waals surface area contributed by atoms with E-state index >= 15 is 0 Å². The van der Waals surface area contributed by atoms with Crippen molar-refractivity contribution in [2.24, 2.45) is 5.92 Å². The molecule has 0 spiro atoms. The van der Waals surface area contributed by atoms with Crippen molar-refractivity contribution < 1.29 is 17.9 Å². The van der Waals surface area contributed by atoms with Crippen molar-refractivity contribution in [3.63, 3.8) is 0 Å². The molecule has 0 unspecified atom stereocenters. The zero-order valence-electron chi connectivity index (χ0n) is 13.6. The molecule has 0 atom stereocenters. The Bertz CT molecular complexity index is 505. The molecule has 0 aromatic heterocycles. The number of ether oxygens (including phenoxy) is 1. The van der Waals surface area contributed by atoms with E-state index in [1.54, 1.807) is 0 Å². The van der Waals surface area contributed by atoms with Crippen molar-refractivity contribution in [2.75, 3.05) is 39.4 Å². The summed E-state index contributed by atoms with van der Waals surface area (Å²) >= 11 is 0. The molecular formula is C15H27N3O4S. The molecule has 0 bridgehead atoms. The molecule has 0 aromatic carbocycles. The molecule has 2 aliphatic heterocycles. The fourth-order valence-electron chi connectivity index (χ4n) is 3.68. The van der Waals surface area contributed by atoms with Gasteiger partial charge >= 0.3 is 0 Å². The highest BCUT2D eigenvalue weighted by Crippen LogP contribution is 2.24. The van der Waals surface area contributed by atoms with Gasteiger partial charge in [-0.15, -0.1) is 0 Å². The SMILES string of the molecule is O=C(NC1CCCC1)C1CCN(S(=O)(=O)N2CCOCC2)CC1. The van der Waals surface area contributed by atoms with Crippen LogP contribution in [0.1, 0.15) is 38.5 Å². The second-order valence-electron chi connectivity index (χ2n) is 6.68. The van der Waals surface area contributed by atoms with Crippen LogP contribution in [0, 0.1) is 5.92 Å². The van der Waals surface area contributed by atoms with E-state index in [2.05, 4.69) is 5.32 Å². The first-order valence-corrected chi connectivity index (χ1v) is 10.1. The van der Waals surface area contributed by atoms with E-state index < -0.39 is 10.2 Å². The molecule has 1 aliphatic carbocycles. The van der Waals surface area contributed by atoms with Crippen LogP contribution < -0.4 is 5.32 Å². The number of piperidine rings is 1. The lowest BCUT2D eigenvalue weighted by Gasteiger charge is -2.36. The highest BCUT2D eigenvalue weighted by Gasteiger charge is 2.35. The number of nitrogens with one attached hydrogen (secondary N) is 1. The number of carbonyl (C=O) groups is 1. The monoisotopic (exact) mass is 345 g/mol. The van der Waals surface area contributed by atoms with E-state index in [4.69, 9.17) is 4.74 Å². The number of hydrogen-bond acceptors (Lipinski definition) is 4. The van der Waals surface area contributed by atoms with Crippen LogP contribution in [0.4, 0.5) is 0 Å². The van der Waals surface area contributed by atoms with Crippen molar-refractivity contribution in [3.8, 4) is 0 Å². The minimum Gasteiger partial charge on any atom is -0.379 e. The number of morpholine rings is 1. The Kier molecular flexibility index (Phi) is 5.56. The highest BCUT2D eigenvalue weighted by molar-refractivity contribution is 7.86. The maximum Gasteiger partial charge on any atom is 0.282 e. The molecule has 2 heterocycles. The van der Waals surface area contributed by atoms with Gasteiger partial charge in [0.2, 0.25) is 5.91 Å². The number of nitrogens with zero attached hydrogens (tertiary/aromatic N) is 2. The molecule has 0 radical (unpaired) electrons. The fraction of sp³-hybridized carbons (Fsp3) is 0.933. The largest absolute Gasteiger partial charge is 0.379 e. The maximum atomic E-state index is 12.6. The summed E-state index contributed by atoms with van der Waals surface area (Å²) in [6.45, 7) is 2.62. The van der Waals surface area contributed by atoms with Crippen LogP contribution in [0.25, 0.3) is 0 Å². The Morgan fingerprint density at radius 3 is 2.09 bits per heavy atom. The predicted octanol–water partition coefficient (Wildman–Crippen LogP) is 0.334. The molecule has 23 heavy (non-hydrogen) atoms. The van der Waals surface area contributed by atoms with E-state index in [1.165, 1.54) is 21.5 Å². The molecule has 1 amide bonds. The third-order valence-corrected chi connectivity index (χ3v) is 7.18. The molecule has 2 saturated heterocycles. The van der Waals surface area contributed by atoms with Gasteiger partial charge in [-0.2, -0.15) is 17.0 Å². The minimum atomic E-state index is -3.40. The lowest BCUT2D eigenvalue weighted by Crippen LogP contribution is -2.52. The zero-order valence-corrected chi connectivity index (χ0v) is 14.4. The molecule has 7 nitrogen and oxygen atoms in total. The average Bonchev–Trinajstić information content (AvgIpc) is 3.09. The summed E-state index contributed by atoms with van der Waals surface area (Å²) in [5, 5.41) is 3.13. The quantitative estimate of drug-likeness (QED) is 0.797. The highest BCUT2D eigenvalue weighted by atomic mass is 32.2. The Hall–Kier alpha value is -0.700. The number of hydrogen-bond donors (Lipinski definition) is 1. The van der Waals surface area contributed by atoms with Crippen molar-refractivity contribution in [2.45, 2.75) is 44.6 Å². The van der Waals surface area contributed by atoms with Gasteiger partial charge in [-0.05, 0) is 25.7 Å². The first-order valence-electron chi connectivity index (χ1n) is 8.71. The van der Waals surface area contributed by atoms with Gasteiger partial charge in [0.05, 0.1) is 13.2 Å². The van der Waals surface area contributed by atoms with Crippen molar-refractivity contribution in [1.29, 1.82) is 0 Å². The van der Waals surface area contributed by atoms with Gasteiger partial charge in [0.15, 0.2) is 0 Å². The second kappa shape index (κ2) is 7.46. The molecule has 3 fully saturated rings. The molecule has 1 N–H and O–H groups in total. The Morgan fingerprint density at radius 1 is 0.913 bits per heavy atom. The van der Waals surface area contributed by atoms with E-state index in [1.807, 2.05) is 0 Å². The summed E-state index contributed by atoms with van der Waals surface area (Å²) in [7, 11) is -3.40. The molecule has 1 saturated carbocycles. The summed E-state index contributed by atoms with van der Waals surface area (Å²) in [5.74, 6) is 0.0621.